The van der Waals surface area contributed by atoms with Crippen LogP contribution in [0.1, 0.15) is 69.6 Å². The van der Waals surface area contributed by atoms with E-state index in [0.29, 0.717) is 22.8 Å². The molecule has 262 valence electrons. The van der Waals surface area contributed by atoms with Crippen molar-refractivity contribution in [3.63, 3.8) is 0 Å². The minimum atomic E-state index is 0.162. The Bertz CT molecular complexity index is 3020. The lowest BCUT2D eigenvalue weighted by Gasteiger charge is -2.30. The van der Waals surface area contributed by atoms with Crippen LogP contribution < -0.4 is 0 Å². The van der Waals surface area contributed by atoms with E-state index < -0.39 is 0 Å². The highest BCUT2D eigenvalue weighted by Gasteiger charge is 2.40. The highest BCUT2D eigenvalue weighted by molar-refractivity contribution is 8.00. The Kier molecular flexibility index (Phi) is 7.08. The van der Waals surface area contributed by atoms with Gasteiger partial charge in [0.1, 0.15) is 11.3 Å². The molecule has 3 aromatic heterocycles. The molecule has 4 heterocycles. The van der Waals surface area contributed by atoms with E-state index in [2.05, 4.69) is 152 Å². The SMILES string of the molecule is C1=CC2Sc3ccccc3C2C(c2nc(C3=CCC(C4CC=Cc5sc6ccccc6c54)c4oc5ccccc5c43)nc(-c3ccc4ccccc4c3)n2)=C1. The Morgan fingerprint density at radius 3 is 2.45 bits per heavy atom. The van der Waals surface area contributed by atoms with Crippen LogP contribution in [0.5, 0.6) is 0 Å². The molecule has 4 aliphatic rings. The number of furan rings is 1. The largest absolute Gasteiger partial charge is 0.460 e. The van der Waals surface area contributed by atoms with Crippen LogP contribution in [0, 0.1) is 0 Å². The van der Waals surface area contributed by atoms with Crippen molar-refractivity contribution >= 4 is 72.1 Å². The van der Waals surface area contributed by atoms with Gasteiger partial charge in [-0.05, 0) is 76.4 Å². The molecule has 0 spiro atoms. The van der Waals surface area contributed by atoms with Crippen molar-refractivity contribution in [1.82, 2.24) is 15.0 Å². The summed E-state index contributed by atoms with van der Waals surface area (Å²) in [6, 6.07) is 41.1. The van der Waals surface area contributed by atoms with Crippen molar-refractivity contribution < 1.29 is 4.42 Å². The molecule has 0 fully saturated rings. The van der Waals surface area contributed by atoms with Crippen LogP contribution in [-0.2, 0) is 0 Å². The van der Waals surface area contributed by atoms with Crippen LogP contribution in [0.2, 0.25) is 0 Å². The first kappa shape index (κ1) is 31.5. The number of benzene rings is 5. The van der Waals surface area contributed by atoms with Gasteiger partial charge in [-0.2, -0.15) is 0 Å². The molecule has 0 radical (unpaired) electrons. The van der Waals surface area contributed by atoms with Gasteiger partial charge in [-0.1, -0.05) is 121 Å². The van der Waals surface area contributed by atoms with E-state index in [1.54, 1.807) is 0 Å². The lowest BCUT2D eigenvalue weighted by molar-refractivity contribution is 0.433. The van der Waals surface area contributed by atoms with Crippen LogP contribution in [0.15, 0.2) is 155 Å². The van der Waals surface area contributed by atoms with Gasteiger partial charge < -0.3 is 4.42 Å². The molecular weight excluding hydrogens is 711 g/mol. The van der Waals surface area contributed by atoms with Crippen molar-refractivity contribution in [2.45, 2.75) is 40.7 Å². The normalized spacial score (nSPS) is 20.9. The Morgan fingerprint density at radius 1 is 0.691 bits per heavy atom. The number of allylic oxidation sites excluding steroid dienone is 5. The van der Waals surface area contributed by atoms with Gasteiger partial charge >= 0.3 is 0 Å². The lowest BCUT2D eigenvalue weighted by Crippen LogP contribution is -2.18. The standard InChI is InChI=1S/C49H33N3OS2/c1-2-12-29-27-30(24-23-28(29)11-1)47-50-48(36-17-10-22-42-44(36)35-15-5-8-20-40(35)55-42)52-49(51-47)37-26-25-32(46-45(37)33-13-3-6-18-38(33)53-46)31-16-9-21-41-43(31)34-14-4-7-19-39(34)54-41/h1-15,17-24,26-27,31-32,42,44H,16,25H2. The third kappa shape index (κ3) is 4.94. The van der Waals surface area contributed by atoms with Crippen molar-refractivity contribution in [2.75, 3.05) is 0 Å². The summed E-state index contributed by atoms with van der Waals surface area (Å²) in [7, 11) is 0. The highest BCUT2D eigenvalue weighted by Crippen LogP contribution is 2.55. The molecule has 0 N–H and O–H groups in total. The van der Waals surface area contributed by atoms with E-state index in [0.717, 1.165) is 63.1 Å². The molecule has 0 saturated heterocycles. The average molecular weight is 744 g/mol. The number of hydrogen-bond acceptors (Lipinski definition) is 6. The van der Waals surface area contributed by atoms with Crippen molar-refractivity contribution in [3.8, 4) is 11.4 Å². The van der Waals surface area contributed by atoms with Gasteiger partial charge in [0.25, 0.3) is 0 Å². The summed E-state index contributed by atoms with van der Waals surface area (Å²) in [6.07, 6.45) is 15.6. The minimum absolute atomic E-state index is 0.162. The minimum Gasteiger partial charge on any atom is -0.460 e. The van der Waals surface area contributed by atoms with Gasteiger partial charge in [0.05, 0.1) is 0 Å². The number of thiophene rings is 1. The molecule has 5 aromatic carbocycles. The molecule has 0 bridgehead atoms. The average Bonchev–Trinajstić information content (AvgIpc) is 3.95. The molecule has 12 rings (SSSR count). The molecule has 6 heteroatoms. The van der Waals surface area contributed by atoms with Gasteiger partial charge in [0, 0.05) is 59.2 Å². The maximum atomic E-state index is 6.96. The maximum absolute atomic E-state index is 6.96. The van der Waals surface area contributed by atoms with E-state index in [1.165, 1.54) is 36.4 Å². The third-order valence-electron chi connectivity index (χ3n) is 11.9. The summed E-state index contributed by atoms with van der Waals surface area (Å²) in [5.74, 6) is 3.77. The van der Waals surface area contributed by atoms with E-state index >= 15 is 0 Å². The predicted molar refractivity (Wildman–Crippen MR) is 228 cm³/mol. The van der Waals surface area contributed by atoms with Crippen LogP contribution in [0.4, 0.5) is 0 Å². The number of aromatic nitrogens is 3. The highest BCUT2D eigenvalue weighted by atomic mass is 32.2. The number of nitrogens with zero attached hydrogens (tertiary/aromatic N) is 3. The lowest BCUT2D eigenvalue weighted by atomic mass is 9.73. The fraction of sp³-hybridized carbons (Fsp3) is 0.122. The second-order valence-corrected chi connectivity index (χ2v) is 17.2. The Morgan fingerprint density at radius 2 is 1.49 bits per heavy atom. The monoisotopic (exact) mass is 743 g/mol. The molecule has 4 atom stereocenters. The first-order chi connectivity index (χ1) is 27.2. The van der Waals surface area contributed by atoms with E-state index in [4.69, 9.17) is 19.4 Å². The van der Waals surface area contributed by atoms with Gasteiger partial charge in [-0.25, -0.2) is 15.0 Å². The zero-order valence-corrected chi connectivity index (χ0v) is 31.4. The first-order valence-electron chi connectivity index (χ1n) is 19.0. The third-order valence-corrected chi connectivity index (χ3v) is 14.4. The maximum Gasteiger partial charge on any atom is 0.164 e. The van der Waals surface area contributed by atoms with Crippen molar-refractivity contribution in [2.24, 2.45) is 0 Å². The van der Waals surface area contributed by atoms with Gasteiger partial charge in [-0.15, -0.1) is 23.1 Å². The summed E-state index contributed by atoms with van der Waals surface area (Å²) in [4.78, 5) is 18.8. The summed E-state index contributed by atoms with van der Waals surface area (Å²) in [6.45, 7) is 0. The summed E-state index contributed by atoms with van der Waals surface area (Å²) < 4.78 is 8.31. The summed E-state index contributed by atoms with van der Waals surface area (Å²) >= 11 is 3.83. The van der Waals surface area contributed by atoms with Gasteiger partial charge in [0.2, 0.25) is 0 Å². The van der Waals surface area contributed by atoms with Crippen LogP contribution in [-0.4, -0.2) is 20.2 Å². The Hall–Kier alpha value is -5.82. The molecular formula is C49H33N3OS2. The van der Waals surface area contributed by atoms with Crippen molar-refractivity contribution in [3.05, 3.63) is 185 Å². The predicted octanol–water partition coefficient (Wildman–Crippen LogP) is 13.0. The molecule has 0 saturated carbocycles. The van der Waals surface area contributed by atoms with Gasteiger partial charge in [0.15, 0.2) is 17.5 Å². The summed E-state index contributed by atoms with van der Waals surface area (Å²) in [5, 5.41) is 5.12. The van der Waals surface area contributed by atoms with E-state index in [9.17, 15) is 0 Å². The van der Waals surface area contributed by atoms with Crippen LogP contribution in [0.3, 0.4) is 0 Å². The first-order valence-corrected chi connectivity index (χ1v) is 20.7. The molecule has 4 nitrogen and oxygen atoms in total. The number of para-hydroxylation sites is 1. The number of hydrogen-bond donors (Lipinski definition) is 0. The number of thioether (sulfide) groups is 1. The van der Waals surface area contributed by atoms with E-state index in [-0.39, 0.29) is 11.8 Å². The van der Waals surface area contributed by atoms with Crippen LogP contribution in [0.25, 0.3) is 60.4 Å². The van der Waals surface area contributed by atoms with E-state index in [1.807, 2.05) is 23.1 Å². The quantitative estimate of drug-likeness (QED) is 0.180. The molecule has 8 aromatic rings. The zero-order chi connectivity index (χ0) is 36.0. The molecule has 55 heavy (non-hydrogen) atoms. The fourth-order valence-electron chi connectivity index (χ4n) is 9.40. The fourth-order valence-corrected chi connectivity index (χ4v) is 12.0. The van der Waals surface area contributed by atoms with Crippen molar-refractivity contribution in [1.29, 1.82) is 0 Å². The molecule has 4 unspecified atom stereocenters. The molecule has 1 aliphatic heterocycles. The Balaban J connectivity index is 1.05. The second-order valence-electron chi connectivity index (χ2n) is 14.9. The van der Waals surface area contributed by atoms with Crippen LogP contribution >= 0.6 is 23.1 Å². The number of fused-ring (bicyclic) bond motifs is 10. The number of rotatable bonds is 4. The molecule has 3 aliphatic carbocycles. The second kappa shape index (κ2) is 12.4. The smallest absolute Gasteiger partial charge is 0.164 e. The van der Waals surface area contributed by atoms with Gasteiger partial charge in [-0.3, -0.25) is 0 Å². The zero-order valence-electron chi connectivity index (χ0n) is 29.7. The Labute approximate surface area is 326 Å². The molecule has 0 amide bonds. The summed E-state index contributed by atoms with van der Waals surface area (Å²) in [5.41, 5.74) is 7.94. The topological polar surface area (TPSA) is 51.8 Å².